The van der Waals surface area contributed by atoms with Crippen LogP contribution >= 0.6 is 11.3 Å². The number of carbonyl (C=O) groups is 3. The van der Waals surface area contributed by atoms with E-state index in [2.05, 4.69) is 15.5 Å². The lowest BCUT2D eigenvalue weighted by Crippen LogP contribution is -2.22. The Morgan fingerprint density at radius 2 is 2.10 bits per heavy atom. The van der Waals surface area contributed by atoms with Gasteiger partial charge in [-0.1, -0.05) is 5.16 Å². The maximum Gasteiger partial charge on any atom is 0.339 e. The molecular weight excluding hydrogens is 412 g/mol. The molecule has 0 aliphatic heterocycles. The number of fused-ring (bicyclic) bond motifs is 1. The van der Waals surface area contributed by atoms with Crippen LogP contribution in [0.3, 0.4) is 0 Å². The van der Waals surface area contributed by atoms with E-state index in [1.165, 1.54) is 18.4 Å². The van der Waals surface area contributed by atoms with Crippen molar-refractivity contribution in [1.82, 2.24) is 10.1 Å². The molecule has 11 heteroatoms. The Hall–Kier alpha value is -3.99. The maximum absolute atomic E-state index is 12.7. The van der Waals surface area contributed by atoms with E-state index in [-0.39, 0.29) is 21.8 Å². The molecule has 4 aromatic rings. The van der Waals surface area contributed by atoms with Crippen molar-refractivity contribution < 1.29 is 28.1 Å². The van der Waals surface area contributed by atoms with Crippen LogP contribution in [-0.2, 0) is 9.53 Å². The van der Waals surface area contributed by atoms with Crippen molar-refractivity contribution in [2.24, 2.45) is 5.73 Å². The predicted molar refractivity (Wildman–Crippen MR) is 106 cm³/mol. The summed E-state index contributed by atoms with van der Waals surface area (Å²) in [6.45, 7) is 1.09. The number of nitrogens with one attached hydrogen (secondary N) is 1. The van der Waals surface area contributed by atoms with Gasteiger partial charge in [0.25, 0.3) is 17.5 Å². The molecule has 0 fully saturated rings. The highest BCUT2D eigenvalue weighted by Crippen LogP contribution is 2.28. The number of ether oxygens (including phenoxy) is 1. The van der Waals surface area contributed by atoms with E-state index in [9.17, 15) is 14.4 Å². The lowest BCUT2D eigenvalue weighted by molar-refractivity contribution is -0.119. The topological polar surface area (TPSA) is 151 Å². The molecule has 2 amide bonds. The normalized spacial score (nSPS) is 10.8. The molecule has 0 saturated carbocycles. The fraction of sp³-hybridized carbons (Fsp3) is 0.105. The molecule has 0 radical (unpaired) electrons. The summed E-state index contributed by atoms with van der Waals surface area (Å²) in [4.78, 5) is 40.5. The van der Waals surface area contributed by atoms with Gasteiger partial charge in [-0.05, 0) is 36.6 Å². The highest BCUT2D eigenvalue weighted by atomic mass is 32.1. The molecular formula is C19H14N4O6S. The second kappa shape index (κ2) is 7.79. The summed E-state index contributed by atoms with van der Waals surface area (Å²) in [6, 6.07) is 6.33. The minimum absolute atomic E-state index is 0.131. The number of anilines is 1. The fourth-order valence-corrected chi connectivity index (χ4v) is 3.59. The van der Waals surface area contributed by atoms with E-state index in [0.717, 1.165) is 11.3 Å². The number of hydrogen-bond acceptors (Lipinski definition) is 9. The Bertz CT molecular complexity index is 1260. The Morgan fingerprint density at radius 1 is 1.27 bits per heavy atom. The van der Waals surface area contributed by atoms with Crippen LogP contribution in [0.15, 0.2) is 44.8 Å². The minimum atomic E-state index is -0.766. The van der Waals surface area contributed by atoms with Crippen LogP contribution in [0.5, 0.6) is 0 Å². The van der Waals surface area contributed by atoms with Crippen LogP contribution in [0.1, 0.15) is 26.4 Å². The highest BCUT2D eigenvalue weighted by Gasteiger charge is 2.22. The third-order valence-electron chi connectivity index (χ3n) is 4.13. The van der Waals surface area contributed by atoms with Gasteiger partial charge >= 0.3 is 5.97 Å². The zero-order chi connectivity index (χ0) is 21.3. The van der Waals surface area contributed by atoms with Gasteiger partial charge in [0.1, 0.15) is 10.7 Å². The molecule has 4 rings (SSSR count). The van der Waals surface area contributed by atoms with Gasteiger partial charge in [0.05, 0.1) is 28.5 Å². The van der Waals surface area contributed by atoms with Gasteiger partial charge in [-0.3, -0.25) is 9.59 Å². The summed E-state index contributed by atoms with van der Waals surface area (Å²) >= 11 is 1.13. The number of nitrogens with zero attached hydrogens (tertiary/aromatic N) is 2. The summed E-state index contributed by atoms with van der Waals surface area (Å²) in [5, 5.41) is 8.61. The molecule has 0 unspecified atom stereocenters. The van der Waals surface area contributed by atoms with Crippen LogP contribution in [0.2, 0.25) is 0 Å². The van der Waals surface area contributed by atoms with Crippen LogP contribution in [0.4, 0.5) is 5.00 Å². The van der Waals surface area contributed by atoms with Gasteiger partial charge in [-0.2, -0.15) is 0 Å². The van der Waals surface area contributed by atoms with Crippen molar-refractivity contribution in [3.63, 3.8) is 0 Å². The molecule has 152 valence electrons. The molecule has 0 saturated heterocycles. The number of nitrogens with two attached hydrogens (primary N) is 1. The van der Waals surface area contributed by atoms with Crippen molar-refractivity contribution in [3.05, 3.63) is 52.7 Å². The first-order chi connectivity index (χ1) is 14.4. The number of furan rings is 1. The molecule has 30 heavy (non-hydrogen) atoms. The van der Waals surface area contributed by atoms with E-state index in [1.807, 2.05) is 0 Å². The van der Waals surface area contributed by atoms with E-state index in [0.29, 0.717) is 22.5 Å². The van der Waals surface area contributed by atoms with Gasteiger partial charge in [0.2, 0.25) is 0 Å². The molecule has 4 heterocycles. The second-order valence-corrected chi connectivity index (χ2v) is 7.05. The minimum Gasteiger partial charge on any atom is -0.463 e. The van der Waals surface area contributed by atoms with E-state index < -0.39 is 24.4 Å². The highest BCUT2D eigenvalue weighted by molar-refractivity contribution is 7.14. The number of hydrogen-bond donors (Lipinski definition) is 2. The molecule has 4 aromatic heterocycles. The van der Waals surface area contributed by atoms with Crippen LogP contribution in [0.25, 0.3) is 22.6 Å². The lowest BCUT2D eigenvalue weighted by Gasteiger charge is -2.08. The first kappa shape index (κ1) is 19.3. The number of pyridine rings is 1. The van der Waals surface area contributed by atoms with E-state index >= 15 is 0 Å². The van der Waals surface area contributed by atoms with Gasteiger partial charge in [-0.25, -0.2) is 9.78 Å². The zero-order valence-corrected chi connectivity index (χ0v) is 16.3. The number of aryl methyl sites for hydroxylation is 1. The number of esters is 1. The first-order valence-electron chi connectivity index (χ1n) is 8.59. The van der Waals surface area contributed by atoms with Crippen LogP contribution in [-0.4, -0.2) is 34.5 Å². The zero-order valence-electron chi connectivity index (χ0n) is 15.5. The van der Waals surface area contributed by atoms with Crippen molar-refractivity contribution in [2.75, 3.05) is 11.9 Å². The standard InChI is InChI=1S/C19H14N4O6S/c1-9-15-11(7-12(13-3-2-5-27-13)21-17(15)29-23-9)19(26)28-8-14(24)22-18-10(16(20)25)4-6-30-18/h2-7H,8H2,1H3,(H2,20,25)(H,22,24). The van der Waals surface area contributed by atoms with Gasteiger partial charge in [-0.15, -0.1) is 11.3 Å². The molecule has 0 aliphatic rings. The molecule has 0 aromatic carbocycles. The Kier molecular flexibility index (Phi) is 5.02. The summed E-state index contributed by atoms with van der Waals surface area (Å²) in [7, 11) is 0. The Labute approximate surface area is 172 Å². The molecule has 0 atom stereocenters. The predicted octanol–water partition coefficient (Wildman–Crippen LogP) is 2.75. The fourth-order valence-electron chi connectivity index (χ4n) is 2.78. The Balaban J connectivity index is 1.54. The summed E-state index contributed by atoms with van der Waals surface area (Å²) in [6.07, 6.45) is 1.47. The smallest absolute Gasteiger partial charge is 0.339 e. The summed E-state index contributed by atoms with van der Waals surface area (Å²) < 4.78 is 15.7. The van der Waals surface area contributed by atoms with Gasteiger partial charge in [0, 0.05) is 0 Å². The third kappa shape index (κ3) is 3.65. The van der Waals surface area contributed by atoms with Crippen molar-refractivity contribution in [1.29, 1.82) is 0 Å². The number of carbonyl (C=O) groups excluding carboxylic acids is 3. The average molecular weight is 426 g/mol. The molecule has 3 N–H and O–H groups in total. The third-order valence-corrected chi connectivity index (χ3v) is 4.96. The van der Waals surface area contributed by atoms with Crippen molar-refractivity contribution in [2.45, 2.75) is 6.92 Å². The van der Waals surface area contributed by atoms with Crippen molar-refractivity contribution in [3.8, 4) is 11.5 Å². The first-order valence-corrected chi connectivity index (χ1v) is 9.47. The summed E-state index contributed by atoms with van der Waals surface area (Å²) in [5.74, 6) is -1.63. The average Bonchev–Trinajstić information content (AvgIpc) is 3.47. The SMILES string of the molecule is Cc1noc2nc(-c3ccco3)cc(C(=O)OCC(=O)Nc3sccc3C(N)=O)c12. The molecule has 10 nitrogen and oxygen atoms in total. The van der Waals surface area contributed by atoms with Gasteiger partial charge in [0.15, 0.2) is 12.4 Å². The quantitative estimate of drug-likeness (QED) is 0.447. The Morgan fingerprint density at radius 3 is 2.83 bits per heavy atom. The lowest BCUT2D eigenvalue weighted by atomic mass is 10.1. The number of amides is 2. The van der Waals surface area contributed by atoms with Crippen molar-refractivity contribution >= 4 is 45.2 Å². The number of thiophene rings is 1. The number of primary amides is 1. The molecule has 0 bridgehead atoms. The molecule has 0 spiro atoms. The number of rotatable bonds is 6. The monoisotopic (exact) mass is 426 g/mol. The van der Waals surface area contributed by atoms with E-state index in [1.54, 1.807) is 24.4 Å². The van der Waals surface area contributed by atoms with Crippen LogP contribution in [0, 0.1) is 6.92 Å². The van der Waals surface area contributed by atoms with E-state index in [4.69, 9.17) is 19.4 Å². The second-order valence-electron chi connectivity index (χ2n) is 6.13. The van der Waals surface area contributed by atoms with Gasteiger partial charge < -0.3 is 24.7 Å². The molecule has 0 aliphatic carbocycles. The summed E-state index contributed by atoms with van der Waals surface area (Å²) in [5.41, 5.74) is 6.50. The largest absolute Gasteiger partial charge is 0.463 e. The van der Waals surface area contributed by atoms with Crippen LogP contribution < -0.4 is 11.1 Å². The number of aromatic nitrogens is 2. The maximum atomic E-state index is 12.7.